The second kappa shape index (κ2) is 5.74. The lowest BCUT2D eigenvalue weighted by molar-refractivity contribution is 0.343. The first-order valence-electron chi connectivity index (χ1n) is 7.02. The highest BCUT2D eigenvalue weighted by Crippen LogP contribution is 2.27. The number of nitrogens with zero attached hydrogens (tertiary/aromatic N) is 2. The maximum atomic E-state index is 5.63. The van der Waals surface area contributed by atoms with Crippen LogP contribution in [-0.4, -0.2) is 23.6 Å². The van der Waals surface area contributed by atoms with E-state index in [2.05, 4.69) is 42.9 Å². The molecule has 4 heteroatoms. The van der Waals surface area contributed by atoms with E-state index in [0.29, 0.717) is 18.0 Å². The van der Waals surface area contributed by atoms with Crippen molar-refractivity contribution < 1.29 is 4.42 Å². The molecule has 1 aliphatic heterocycles. The van der Waals surface area contributed by atoms with Crippen LogP contribution in [0.15, 0.2) is 10.7 Å². The van der Waals surface area contributed by atoms with Gasteiger partial charge in [0.1, 0.15) is 6.26 Å². The maximum Gasteiger partial charge on any atom is 0.297 e. The second-order valence-corrected chi connectivity index (χ2v) is 5.71. The van der Waals surface area contributed by atoms with Crippen LogP contribution in [0.2, 0.25) is 0 Å². The molecule has 0 aromatic carbocycles. The summed E-state index contributed by atoms with van der Waals surface area (Å²) in [7, 11) is 0. The van der Waals surface area contributed by atoms with Crippen LogP contribution >= 0.6 is 0 Å². The van der Waals surface area contributed by atoms with Crippen molar-refractivity contribution in [3.63, 3.8) is 0 Å². The number of oxazole rings is 1. The third kappa shape index (κ3) is 3.05. The molecule has 2 atom stereocenters. The fourth-order valence-corrected chi connectivity index (χ4v) is 2.42. The van der Waals surface area contributed by atoms with Crippen molar-refractivity contribution in [1.29, 1.82) is 0 Å². The van der Waals surface area contributed by atoms with Gasteiger partial charge >= 0.3 is 0 Å². The molecule has 18 heavy (non-hydrogen) atoms. The van der Waals surface area contributed by atoms with Gasteiger partial charge in [-0.15, -0.1) is 0 Å². The van der Waals surface area contributed by atoms with Gasteiger partial charge in [0.2, 0.25) is 0 Å². The highest BCUT2D eigenvalue weighted by Gasteiger charge is 2.27. The molecule has 2 heterocycles. The van der Waals surface area contributed by atoms with Crippen LogP contribution in [0.4, 0.5) is 6.01 Å². The van der Waals surface area contributed by atoms with Gasteiger partial charge in [-0.3, -0.25) is 0 Å². The fourth-order valence-electron chi connectivity index (χ4n) is 2.42. The average Bonchev–Trinajstić information content (AvgIpc) is 2.78. The molecule has 2 rings (SSSR count). The van der Waals surface area contributed by atoms with Crippen molar-refractivity contribution in [3.05, 3.63) is 12.0 Å². The van der Waals surface area contributed by atoms with Crippen LogP contribution in [0.1, 0.15) is 46.2 Å². The van der Waals surface area contributed by atoms with E-state index in [1.807, 2.05) is 0 Å². The topological polar surface area (TPSA) is 41.3 Å². The van der Waals surface area contributed by atoms with E-state index in [1.54, 1.807) is 6.26 Å². The number of hydrogen-bond acceptors (Lipinski definition) is 4. The predicted octanol–water partition coefficient (Wildman–Crippen LogP) is 2.80. The standard InChI is InChI=1S/C14H25N3O/c1-10(2)15-8-13-9-18-14(16-13)17-7-5-6-11(3)12(17)4/h9-12,15H,5-8H2,1-4H3. The number of aromatic nitrogens is 1. The number of rotatable bonds is 4. The molecule has 1 aromatic rings. The van der Waals surface area contributed by atoms with Crippen LogP contribution in [0.3, 0.4) is 0 Å². The zero-order valence-corrected chi connectivity index (χ0v) is 11.9. The molecule has 1 fully saturated rings. The van der Waals surface area contributed by atoms with Crippen molar-refractivity contribution in [2.24, 2.45) is 5.92 Å². The van der Waals surface area contributed by atoms with Crippen LogP contribution in [-0.2, 0) is 6.54 Å². The first-order valence-corrected chi connectivity index (χ1v) is 7.02. The normalized spacial score (nSPS) is 24.8. The van der Waals surface area contributed by atoms with E-state index < -0.39 is 0 Å². The van der Waals surface area contributed by atoms with E-state index in [0.717, 1.165) is 24.8 Å². The molecule has 1 saturated heterocycles. The summed E-state index contributed by atoms with van der Waals surface area (Å²) in [5.74, 6) is 0.711. The second-order valence-electron chi connectivity index (χ2n) is 5.71. The zero-order chi connectivity index (χ0) is 13.1. The van der Waals surface area contributed by atoms with Gasteiger partial charge in [0.25, 0.3) is 6.01 Å². The summed E-state index contributed by atoms with van der Waals surface area (Å²) in [4.78, 5) is 6.89. The molecule has 2 unspecified atom stereocenters. The van der Waals surface area contributed by atoms with Gasteiger partial charge in [-0.2, -0.15) is 4.98 Å². The summed E-state index contributed by atoms with van der Waals surface area (Å²) in [5, 5.41) is 3.36. The minimum Gasteiger partial charge on any atom is -0.432 e. The third-order valence-corrected chi connectivity index (χ3v) is 3.85. The Labute approximate surface area is 110 Å². The first-order chi connectivity index (χ1) is 8.58. The Morgan fingerprint density at radius 2 is 2.28 bits per heavy atom. The Morgan fingerprint density at radius 3 is 3.00 bits per heavy atom. The van der Waals surface area contributed by atoms with E-state index in [-0.39, 0.29) is 0 Å². The van der Waals surface area contributed by atoms with E-state index >= 15 is 0 Å². The molecular formula is C14H25N3O. The van der Waals surface area contributed by atoms with Crippen LogP contribution in [0.5, 0.6) is 0 Å². The van der Waals surface area contributed by atoms with Gasteiger partial charge < -0.3 is 14.6 Å². The Balaban J connectivity index is 2.00. The molecule has 102 valence electrons. The first kappa shape index (κ1) is 13.4. The third-order valence-electron chi connectivity index (χ3n) is 3.85. The summed E-state index contributed by atoms with van der Waals surface area (Å²) in [6.45, 7) is 10.7. The molecule has 0 amide bonds. The van der Waals surface area contributed by atoms with Gasteiger partial charge in [-0.1, -0.05) is 20.8 Å². The smallest absolute Gasteiger partial charge is 0.297 e. The molecule has 1 aromatic heterocycles. The molecule has 0 bridgehead atoms. The minimum absolute atomic E-state index is 0.471. The van der Waals surface area contributed by atoms with Gasteiger partial charge in [-0.25, -0.2) is 0 Å². The lowest BCUT2D eigenvalue weighted by Crippen LogP contribution is -2.42. The van der Waals surface area contributed by atoms with E-state index in [9.17, 15) is 0 Å². The molecule has 4 nitrogen and oxygen atoms in total. The van der Waals surface area contributed by atoms with Gasteiger partial charge in [0, 0.05) is 25.2 Å². The Kier molecular flexibility index (Phi) is 4.27. The van der Waals surface area contributed by atoms with Crippen molar-refractivity contribution in [2.75, 3.05) is 11.4 Å². The summed E-state index contributed by atoms with van der Waals surface area (Å²) in [5.41, 5.74) is 0.990. The highest BCUT2D eigenvalue weighted by atomic mass is 16.4. The zero-order valence-electron chi connectivity index (χ0n) is 11.9. The number of hydrogen-bond donors (Lipinski definition) is 1. The molecular weight excluding hydrogens is 226 g/mol. The predicted molar refractivity (Wildman–Crippen MR) is 73.7 cm³/mol. The quantitative estimate of drug-likeness (QED) is 0.893. The summed E-state index contributed by atoms with van der Waals surface area (Å²) < 4.78 is 5.63. The lowest BCUT2D eigenvalue weighted by atomic mass is 9.92. The largest absolute Gasteiger partial charge is 0.432 e. The SMILES string of the molecule is CC(C)NCc1coc(N2CCCC(C)C2C)n1. The lowest BCUT2D eigenvalue weighted by Gasteiger charge is -2.36. The summed E-state index contributed by atoms with van der Waals surface area (Å²) in [6.07, 6.45) is 4.31. The van der Waals surface area contributed by atoms with Gasteiger partial charge in [0.05, 0.1) is 5.69 Å². The molecule has 1 N–H and O–H groups in total. The fraction of sp³-hybridized carbons (Fsp3) is 0.786. The van der Waals surface area contributed by atoms with E-state index in [1.165, 1.54) is 12.8 Å². The van der Waals surface area contributed by atoms with Crippen LogP contribution in [0, 0.1) is 5.92 Å². The molecule has 1 aliphatic rings. The van der Waals surface area contributed by atoms with Crippen LogP contribution in [0.25, 0.3) is 0 Å². The molecule has 0 spiro atoms. The minimum atomic E-state index is 0.471. The van der Waals surface area contributed by atoms with Crippen molar-refractivity contribution >= 4 is 6.01 Å². The molecule has 0 aliphatic carbocycles. The number of nitrogens with one attached hydrogen (secondary N) is 1. The Hall–Kier alpha value is -1.03. The van der Waals surface area contributed by atoms with Crippen molar-refractivity contribution in [2.45, 2.75) is 59.2 Å². The average molecular weight is 251 g/mol. The molecule has 0 saturated carbocycles. The van der Waals surface area contributed by atoms with Crippen molar-refractivity contribution in [3.8, 4) is 0 Å². The van der Waals surface area contributed by atoms with Crippen LogP contribution < -0.4 is 10.2 Å². The number of piperidine rings is 1. The Bertz CT molecular complexity index is 375. The van der Waals surface area contributed by atoms with Gasteiger partial charge in [-0.05, 0) is 25.7 Å². The monoisotopic (exact) mass is 251 g/mol. The summed E-state index contributed by atoms with van der Waals surface area (Å²) >= 11 is 0. The molecule has 0 radical (unpaired) electrons. The summed E-state index contributed by atoms with van der Waals surface area (Å²) in [6, 6.07) is 1.77. The number of anilines is 1. The maximum absolute atomic E-state index is 5.63. The Morgan fingerprint density at radius 1 is 1.50 bits per heavy atom. The van der Waals surface area contributed by atoms with Crippen molar-refractivity contribution in [1.82, 2.24) is 10.3 Å². The van der Waals surface area contributed by atoms with Gasteiger partial charge in [0.15, 0.2) is 0 Å². The highest BCUT2D eigenvalue weighted by molar-refractivity contribution is 5.30. The van der Waals surface area contributed by atoms with E-state index in [4.69, 9.17) is 4.42 Å².